The maximum atomic E-state index is 12.2. The molecule has 1 amide bonds. The van der Waals surface area contributed by atoms with E-state index in [0.29, 0.717) is 11.3 Å². The van der Waals surface area contributed by atoms with Crippen molar-refractivity contribution in [3.05, 3.63) is 47.3 Å². The van der Waals surface area contributed by atoms with Crippen LogP contribution in [0.2, 0.25) is 0 Å². The van der Waals surface area contributed by atoms with Gasteiger partial charge in [0.05, 0.1) is 12.0 Å². The predicted octanol–water partition coefficient (Wildman–Crippen LogP) is 2.24. The van der Waals surface area contributed by atoms with Crippen molar-refractivity contribution < 1.29 is 23.1 Å². The Labute approximate surface area is 149 Å². The quantitative estimate of drug-likeness (QED) is 0.680. The van der Waals surface area contributed by atoms with Crippen LogP contribution in [0.5, 0.6) is 0 Å². The molecule has 1 aromatic heterocycles. The van der Waals surface area contributed by atoms with E-state index in [1.54, 1.807) is 42.6 Å². The molecule has 1 aromatic carbocycles. The van der Waals surface area contributed by atoms with E-state index < -0.39 is 33.9 Å². The standard InChI is InChI=1S/C16H18N2O5S2/c1-10(16(20)21)12-5-7-13(8-6-12)17-15(19)11(2)18-25(22,23)14-4-3-9-24-14/h3-11,18H,1-2H3,(H,17,19)(H,20,21). The number of carboxylic acid groups (broad SMARTS) is 1. The third-order valence-corrected chi connectivity index (χ3v) is 6.47. The van der Waals surface area contributed by atoms with Gasteiger partial charge >= 0.3 is 5.97 Å². The number of aliphatic carboxylic acids is 1. The second-order valence-electron chi connectivity index (χ2n) is 5.45. The molecule has 25 heavy (non-hydrogen) atoms. The normalized spacial score (nSPS) is 13.8. The highest BCUT2D eigenvalue weighted by Crippen LogP contribution is 2.19. The van der Waals surface area contributed by atoms with Gasteiger partial charge in [0, 0.05) is 5.69 Å². The van der Waals surface area contributed by atoms with Crippen LogP contribution in [0.3, 0.4) is 0 Å². The molecule has 0 bridgehead atoms. The van der Waals surface area contributed by atoms with Crippen LogP contribution < -0.4 is 10.0 Å². The van der Waals surface area contributed by atoms with Crippen molar-refractivity contribution >= 4 is 38.9 Å². The first-order valence-electron chi connectivity index (χ1n) is 7.40. The van der Waals surface area contributed by atoms with Crippen LogP contribution in [0.1, 0.15) is 25.3 Å². The molecule has 2 atom stereocenters. The number of nitrogens with one attached hydrogen (secondary N) is 2. The lowest BCUT2D eigenvalue weighted by atomic mass is 10.0. The molecule has 9 heteroatoms. The molecule has 1 heterocycles. The summed E-state index contributed by atoms with van der Waals surface area (Å²) in [5.74, 6) is -2.10. The minimum absolute atomic E-state index is 0.138. The Hall–Kier alpha value is -2.23. The van der Waals surface area contributed by atoms with Crippen molar-refractivity contribution in [3.63, 3.8) is 0 Å². The average molecular weight is 382 g/mol. The summed E-state index contributed by atoms with van der Waals surface area (Å²) in [5, 5.41) is 13.2. The first-order valence-corrected chi connectivity index (χ1v) is 9.76. The summed E-state index contributed by atoms with van der Waals surface area (Å²) in [5.41, 5.74) is 1.06. The van der Waals surface area contributed by atoms with Crippen molar-refractivity contribution in [1.29, 1.82) is 0 Å². The van der Waals surface area contributed by atoms with E-state index in [0.717, 1.165) is 11.3 Å². The van der Waals surface area contributed by atoms with E-state index in [-0.39, 0.29) is 4.21 Å². The van der Waals surface area contributed by atoms with Gasteiger partial charge in [0.15, 0.2) is 0 Å². The predicted molar refractivity (Wildman–Crippen MR) is 95.2 cm³/mol. The molecule has 7 nitrogen and oxygen atoms in total. The van der Waals surface area contributed by atoms with Gasteiger partial charge in [0.1, 0.15) is 4.21 Å². The number of anilines is 1. The van der Waals surface area contributed by atoms with Gasteiger partial charge in [-0.05, 0) is 43.0 Å². The summed E-state index contributed by atoms with van der Waals surface area (Å²) in [6.45, 7) is 3.01. The molecule has 0 aliphatic carbocycles. The number of carbonyl (C=O) groups is 2. The van der Waals surface area contributed by atoms with Gasteiger partial charge < -0.3 is 10.4 Å². The molecule has 2 aromatic rings. The van der Waals surface area contributed by atoms with Gasteiger partial charge in [0.25, 0.3) is 10.0 Å². The molecule has 134 valence electrons. The van der Waals surface area contributed by atoms with E-state index in [9.17, 15) is 18.0 Å². The Morgan fingerprint density at radius 1 is 1.12 bits per heavy atom. The van der Waals surface area contributed by atoms with Gasteiger partial charge in [-0.15, -0.1) is 11.3 Å². The largest absolute Gasteiger partial charge is 0.481 e. The van der Waals surface area contributed by atoms with Crippen molar-refractivity contribution in [3.8, 4) is 0 Å². The minimum Gasteiger partial charge on any atom is -0.481 e. The van der Waals surface area contributed by atoms with Crippen LogP contribution >= 0.6 is 11.3 Å². The Balaban J connectivity index is 2.00. The SMILES string of the molecule is CC(NS(=O)(=O)c1cccs1)C(=O)Nc1ccc(C(C)C(=O)O)cc1. The number of hydrogen-bond acceptors (Lipinski definition) is 5. The fraction of sp³-hybridized carbons (Fsp3) is 0.250. The van der Waals surface area contributed by atoms with Crippen LogP contribution in [0.15, 0.2) is 46.0 Å². The van der Waals surface area contributed by atoms with Crippen molar-refractivity contribution in [2.45, 2.75) is 30.0 Å². The van der Waals surface area contributed by atoms with Crippen molar-refractivity contribution in [2.24, 2.45) is 0 Å². The second-order valence-corrected chi connectivity index (χ2v) is 8.33. The maximum Gasteiger partial charge on any atom is 0.310 e. The zero-order valence-corrected chi connectivity index (χ0v) is 15.2. The van der Waals surface area contributed by atoms with Gasteiger partial charge in [-0.2, -0.15) is 4.72 Å². The second kappa shape index (κ2) is 7.77. The lowest BCUT2D eigenvalue weighted by molar-refractivity contribution is -0.138. The number of rotatable bonds is 7. The molecular formula is C16H18N2O5S2. The number of benzene rings is 1. The monoisotopic (exact) mass is 382 g/mol. The van der Waals surface area contributed by atoms with Gasteiger partial charge in [0.2, 0.25) is 5.91 Å². The Morgan fingerprint density at radius 3 is 2.28 bits per heavy atom. The highest BCUT2D eigenvalue weighted by Gasteiger charge is 2.23. The molecule has 0 fully saturated rings. The van der Waals surface area contributed by atoms with Crippen molar-refractivity contribution in [1.82, 2.24) is 4.72 Å². The first-order chi connectivity index (χ1) is 11.7. The van der Waals surface area contributed by atoms with Crippen LogP contribution in [-0.2, 0) is 19.6 Å². The van der Waals surface area contributed by atoms with Crippen molar-refractivity contribution in [2.75, 3.05) is 5.32 Å². The van der Waals surface area contributed by atoms with Gasteiger partial charge in [-0.1, -0.05) is 18.2 Å². The Bertz CT molecular complexity index is 845. The smallest absolute Gasteiger partial charge is 0.310 e. The fourth-order valence-corrected chi connectivity index (χ4v) is 4.22. The minimum atomic E-state index is -3.74. The molecule has 2 unspecified atom stereocenters. The number of carbonyl (C=O) groups excluding carboxylic acids is 1. The zero-order chi connectivity index (χ0) is 18.6. The third kappa shape index (κ3) is 4.88. The molecule has 0 saturated carbocycles. The maximum absolute atomic E-state index is 12.2. The molecular weight excluding hydrogens is 364 g/mol. The number of carboxylic acids is 1. The summed E-state index contributed by atoms with van der Waals surface area (Å²) < 4.78 is 26.7. The van der Waals surface area contributed by atoms with E-state index in [2.05, 4.69) is 10.0 Å². The van der Waals surface area contributed by atoms with E-state index in [4.69, 9.17) is 5.11 Å². The lowest BCUT2D eigenvalue weighted by Crippen LogP contribution is -2.41. The van der Waals surface area contributed by atoms with Crippen LogP contribution in [0.25, 0.3) is 0 Å². The molecule has 0 radical (unpaired) electrons. The lowest BCUT2D eigenvalue weighted by Gasteiger charge is -2.14. The summed E-state index contributed by atoms with van der Waals surface area (Å²) in [4.78, 5) is 23.1. The summed E-state index contributed by atoms with van der Waals surface area (Å²) in [6.07, 6.45) is 0. The fourth-order valence-electron chi connectivity index (χ4n) is 2.01. The van der Waals surface area contributed by atoms with Crippen LogP contribution in [0, 0.1) is 0 Å². The first kappa shape index (κ1) is 19.1. The average Bonchev–Trinajstić information content (AvgIpc) is 3.09. The highest BCUT2D eigenvalue weighted by atomic mass is 32.2. The molecule has 3 N–H and O–H groups in total. The molecule has 2 rings (SSSR count). The van der Waals surface area contributed by atoms with E-state index >= 15 is 0 Å². The van der Waals surface area contributed by atoms with E-state index in [1.807, 2.05) is 0 Å². The van der Waals surface area contributed by atoms with Crippen LogP contribution in [-0.4, -0.2) is 31.4 Å². The number of amides is 1. The zero-order valence-electron chi connectivity index (χ0n) is 13.6. The Kier molecular flexibility index (Phi) is 5.93. The summed E-state index contributed by atoms with van der Waals surface area (Å²) in [6, 6.07) is 8.47. The van der Waals surface area contributed by atoms with Gasteiger partial charge in [-0.3, -0.25) is 9.59 Å². The highest BCUT2D eigenvalue weighted by molar-refractivity contribution is 7.91. The molecule has 0 aliphatic heterocycles. The topological polar surface area (TPSA) is 113 Å². The summed E-state index contributed by atoms with van der Waals surface area (Å²) >= 11 is 1.06. The number of hydrogen-bond donors (Lipinski definition) is 3. The number of sulfonamides is 1. The van der Waals surface area contributed by atoms with E-state index in [1.165, 1.54) is 13.0 Å². The Morgan fingerprint density at radius 2 is 1.76 bits per heavy atom. The molecule has 0 aliphatic rings. The van der Waals surface area contributed by atoms with Crippen LogP contribution in [0.4, 0.5) is 5.69 Å². The van der Waals surface area contributed by atoms with Gasteiger partial charge in [-0.25, -0.2) is 8.42 Å². The molecule has 0 saturated heterocycles. The summed E-state index contributed by atoms with van der Waals surface area (Å²) in [7, 11) is -3.74. The number of thiophene rings is 1. The third-order valence-electron chi connectivity index (χ3n) is 3.53. The molecule has 0 spiro atoms.